The number of hydrogen-bond donors (Lipinski definition) is 1. The fraction of sp³-hybridized carbons (Fsp3) is 0.333. The molecule has 2 atom stereocenters. The molecule has 2 unspecified atom stereocenters. The molecule has 0 saturated carbocycles. The molecule has 0 aliphatic carbocycles. The van der Waals surface area contributed by atoms with Gasteiger partial charge >= 0.3 is 0 Å². The highest BCUT2D eigenvalue weighted by Gasteiger charge is 2.18. The second-order valence-corrected chi connectivity index (χ2v) is 6.76. The summed E-state index contributed by atoms with van der Waals surface area (Å²) in [6, 6.07) is 15.4. The van der Waals surface area contributed by atoms with E-state index in [1.807, 2.05) is 11.8 Å². The molecule has 2 N–H and O–H groups in total. The first kappa shape index (κ1) is 15.1. The standard InChI is InChI=1S/C18H23NS/c1-12-6-5-7-16(11-12)18(15(4)19)20-17-9-8-13(2)10-14(17)3/h5-11,15,18H,19H2,1-4H3. The Balaban J connectivity index is 2.30. The molecule has 0 spiro atoms. The van der Waals surface area contributed by atoms with E-state index >= 15 is 0 Å². The highest BCUT2D eigenvalue weighted by molar-refractivity contribution is 7.99. The Kier molecular flexibility index (Phi) is 4.90. The average molecular weight is 285 g/mol. The van der Waals surface area contributed by atoms with Crippen molar-refractivity contribution in [1.82, 2.24) is 0 Å². The zero-order valence-electron chi connectivity index (χ0n) is 12.7. The highest BCUT2D eigenvalue weighted by Crippen LogP contribution is 2.39. The summed E-state index contributed by atoms with van der Waals surface area (Å²) in [5.41, 5.74) is 11.5. The third-order valence-electron chi connectivity index (χ3n) is 3.43. The number of thioether (sulfide) groups is 1. The first-order chi connectivity index (χ1) is 9.47. The maximum absolute atomic E-state index is 6.23. The molecule has 0 fully saturated rings. The van der Waals surface area contributed by atoms with Crippen molar-refractivity contribution in [1.29, 1.82) is 0 Å². The third-order valence-corrected chi connectivity index (χ3v) is 5.10. The smallest absolute Gasteiger partial charge is 0.0493 e. The molecule has 0 bridgehead atoms. The fourth-order valence-corrected chi connectivity index (χ4v) is 3.56. The van der Waals surface area contributed by atoms with E-state index in [2.05, 4.69) is 70.2 Å². The minimum Gasteiger partial charge on any atom is -0.327 e. The summed E-state index contributed by atoms with van der Waals surface area (Å²) in [5.74, 6) is 0. The molecule has 2 aromatic carbocycles. The maximum Gasteiger partial charge on any atom is 0.0493 e. The zero-order chi connectivity index (χ0) is 14.7. The van der Waals surface area contributed by atoms with Crippen LogP contribution in [0.3, 0.4) is 0 Å². The molecule has 0 saturated heterocycles. The number of hydrogen-bond acceptors (Lipinski definition) is 2. The Bertz CT molecular complexity index is 590. The van der Waals surface area contributed by atoms with E-state index in [-0.39, 0.29) is 11.3 Å². The summed E-state index contributed by atoms with van der Waals surface area (Å²) in [4.78, 5) is 1.32. The molecule has 0 aliphatic rings. The lowest BCUT2D eigenvalue weighted by molar-refractivity contribution is 0.720. The van der Waals surface area contributed by atoms with E-state index < -0.39 is 0 Å². The van der Waals surface area contributed by atoms with E-state index in [0.717, 1.165) is 0 Å². The molecule has 2 aromatic rings. The van der Waals surface area contributed by atoms with Crippen molar-refractivity contribution in [2.45, 2.75) is 43.9 Å². The summed E-state index contributed by atoms with van der Waals surface area (Å²) in [5, 5.41) is 0.288. The van der Waals surface area contributed by atoms with Gasteiger partial charge in [0.05, 0.1) is 0 Å². The number of benzene rings is 2. The van der Waals surface area contributed by atoms with Crippen LogP contribution in [0.2, 0.25) is 0 Å². The van der Waals surface area contributed by atoms with E-state index in [1.54, 1.807) is 0 Å². The van der Waals surface area contributed by atoms with Gasteiger partial charge in [-0.2, -0.15) is 0 Å². The predicted octanol–water partition coefficient (Wildman–Crippen LogP) is 4.79. The van der Waals surface area contributed by atoms with Crippen LogP contribution in [0.1, 0.15) is 34.4 Å². The van der Waals surface area contributed by atoms with Crippen molar-refractivity contribution in [3.8, 4) is 0 Å². The van der Waals surface area contributed by atoms with E-state index in [1.165, 1.54) is 27.1 Å². The summed E-state index contributed by atoms with van der Waals surface area (Å²) >= 11 is 1.87. The van der Waals surface area contributed by atoms with Crippen LogP contribution in [0.15, 0.2) is 47.4 Å². The van der Waals surface area contributed by atoms with Crippen LogP contribution in [0, 0.1) is 20.8 Å². The van der Waals surface area contributed by atoms with Crippen molar-refractivity contribution in [2.75, 3.05) is 0 Å². The summed E-state index contributed by atoms with van der Waals surface area (Å²) < 4.78 is 0. The molecular weight excluding hydrogens is 262 g/mol. The van der Waals surface area contributed by atoms with E-state index in [9.17, 15) is 0 Å². The highest BCUT2D eigenvalue weighted by atomic mass is 32.2. The second kappa shape index (κ2) is 6.47. The molecule has 2 heteroatoms. The van der Waals surface area contributed by atoms with Gasteiger partial charge < -0.3 is 5.73 Å². The van der Waals surface area contributed by atoms with Crippen molar-refractivity contribution in [3.63, 3.8) is 0 Å². The maximum atomic E-state index is 6.23. The zero-order valence-corrected chi connectivity index (χ0v) is 13.5. The van der Waals surface area contributed by atoms with Crippen LogP contribution in [-0.2, 0) is 0 Å². The predicted molar refractivity (Wildman–Crippen MR) is 89.3 cm³/mol. The van der Waals surface area contributed by atoms with Gasteiger partial charge in [-0.05, 0) is 44.9 Å². The van der Waals surface area contributed by atoms with Gasteiger partial charge in [0, 0.05) is 16.2 Å². The van der Waals surface area contributed by atoms with Gasteiger partial charge in [0.1, 0.15) is 0 Å². The lowest BCUT2D eigenvalue weighted by Gasteiger charge is -2.22. The van der Waals surface area contributed by atoms with Crippen molar-refractivity contribution in [2.24, 2.45) is 5.73 Å². The molecule has 0 aliphatic heterocycles. The van der Waals surface area contributed by atoms with Gasteiger partial charge in [-0.3, -0.25) is 0 Å². The SMILES string of the molecule is Cc1cccc(C(Sc2ccc(C)cc2C)C(C)N)c1. The van der Waals surface area contributed by atoms with Gasteiger partial charge in [0.25, 0.3) is 0 Å². The lowest BCUT2D eigenvalue weighted by Crippen LogP contribution is -2.22. The second-order valence-electron chi connectivity index (χ2n) is 5.58. The Morgan fingerprint density at radius 3 is 2.25 bits per heavy atom. The van der Waals surface area contributed by atoms with Gasteiger partial charge in [-0.15, -0.1) is 11.8 Å². The third kappa shape index (κ3) is 3.65. The van der Waals surface area contributed by atoms with E-state index in [0.29, 0.717) is 0 Å². The molecule has 0 aromatic heterocycles. The molecule has 0 amide bonds. The lowest BCUT2D eigenvalue weighted by atomic mass is 10.0. The molecule has 0 radical (unpaired) electrons. The largest absolute Gasteiger partial charge is 0.327 e. The molecule has 20 heavy (non-hydrogen) atoms. The first-order valence-electron chi connectivity index (χ1n) is 7.03. The van der Waals surface area contributed by atoms with Crippen LogP contribution >= 0.6 is 11.8 Å². The summed E-state index contributed by atoms with van der Waals surface area (Å²) in [6.07, 6.45) is 0. The van der Waals surface area contributed by atoms with E-state index in [4.69, 9.17) is 5.73 Å². The number of rotatable bonds is 4. The van der Waals surface area contributed by atoms with Crippen LogP contribution in [0.5, 0.6) is 0 Å². The Morgan fingerprint density at radius 2 is 1.65 bits per heavy atom. The molecular formula is C18H23NS. The first-order valence-corrected chi connectivity index (χ1v) is 7.91. The van der Waals surface area contributed by atoms with Gasteiger partial charge in [0.2, 0.25) is 0 Å². The van der Waals surface area contributed by atoms with Crippen LogP contribution in [0.4, 0.5) is 0 Å². The van der Waals surface area contributed by atoms with Gasteiger partial charge in [0.15, 0.2) is 0 Å². The summed E-state index contributed by atoms with van der Waals surface area (Å²) in [6.45, 7) is 8.52. The Labute approximate surface area is 126 Å². The van der Waals surface area contributed by atoms with Crippen LogP contribution < -0.4 is 5.73 Å². The molecule has 0 heterocycles. The van der Waals surface area contributed by atoms with Gasteiger partial charge in [-0.25, -0.2) is 0 Å². The quantitative estimate of drug-likeness (QED) is 0.817. The fourth-order valence-electron chi connectivity index (χ4n) is 2.39. The number of aryl methyl sites for hydroxylation is 3. The normalized spacial score (nSPS) is 14.1. The molecule has 2 rings (SSSR count). The minimum absolute atomic E-state index is 0.113. The van der Waals surface area contributed by atoms with Crippen LogP contribution in [-0.4, -0.2) is 6.04 Å². The van der Waals surface area contributed by atoms with Crippen molar-refractivity contribution in [3.05, 3.63) is 64.7 Å². The molecule has 106 valence electrons. The van der Waals surface area contributed by atoms with Gasteiger partial charge in [-0.1, -0.05) is 47.5 Å². The van der Waals surface area contributed by atoms with Crippen molar-refractivity contribution >= 4 is 11.8 Å². The Hall–Kier alpha value is -1.25. The average Bonchev–Trinajstić information content (AvgIpc) is 2.37. The molecule has 1 nitrogen and oxygen atoms in total. The Morgan fingerprint density at radius 1 is 0.950 bits per heavy atom. The van der Waals surface area contributed by atoms with Crippen molar-refractivity contribution < 1.29 is 0 Å². The topological polar surface area (TPSA) is 26.0 Å². The number of nitrogens with two attached hydrogens (primary N) is 1. The monoisotopic (exact) mass is 285 g/mol. The summed E-state index contributed by atoms with van der Waals surface area (Å²) in [7, 11) is 0. The van der Waals surface area contributed by atoms with Crippen LogP contribution in [0.25, 0.3) is 0 Å². The minimum atomic E-state index is 0.113.